The van der Waals surface area contributed by atoms with E-state index in [0.717, 1.165) is 118 Å². The quantitative estimate of drug-likeness (QED) is 0.0710. The summed E-state index contributed by atoms with van der Waals surface area (Å²) in [6.07, 6.45) is 5.12. The van der Waals surface area contributed by atoms with Crippen LogP contribution in [0.2, 0.25) is 0 Å². The molecule has 0 aliphatic carbocycles. The topological polar surface area (TPSA) is 178 Å². The lowest BCUT2D eigenvalue weighted by atomic mass is 10.0. The highest BCUT2D eigenvalue weighted by molar-refractivity contribution is 6.11. The van der Waals surface area contributed by atoms with Crippen LogP contribution in [0.4, 0.5) is 37.3 Å². The molecule has 4 aromatic carbocycles. The molecule has 18 heteroatoms. The standard InChI is InChI=1S/C35H41F2N7O2.C16H20N4O3/c1-3-4-33(45)44-11-9-27(10-12-44)38-32-22-28(43-15-13-42(2)14-16-43)6-7-29(32)35(46)39-34-30-20-23(5-8-31(30)40-41-34)17-24-18-25(36)21-26(37)19-24;21-11-19-7-9-20(10-8-19)13-3-1-12(2-4-13)17-14-5-6-15(22)18-16(14)23/h5-8,18-22,27,38H,3-4,9-17H2,1-2H3,(H2,39,40,41,46);1-4,11,14,17H,5-10H2,(H,18,22,23). The number of hydrogen-bond donors (Lipinski definition) is 5. The fraction of sp³-hybridized carbons (Fsp3) is 0.412. The van der Waals surface area contributed by atoms with Gasteiger partial charge in [0.2, 0.25) is 24.1 Å². The molecule has 1 aromatic heterocycles. The average molecular weight is 946 g/mol. The fourth-order valence-electron chi connectivity index (χ4n) is 9.25. The molecule has 4 fully saturated rings. The smallest absolute Gasteiger partial charge is 0.258 e. The monoisotopic (exact) mass is 945 g/mol. The van der Waals surface area contributed by atoms with Crippen LogP contribution in [-0.2, 0) is 25.6 Å². The minimum Gasteiger partial charge on any atom is -0.381 e. The third kappa shape index (κ3) is 12.5. The molecule has 4 aliphatic heterocycles. The van der Waals surface area contributed by atoms with Gasteiger partial charge in [0.15, 0.2) is 5.82 Å². The van der Waals surface area contributed by atoms with E-state index in [0.29, 0.717) is 61.1 Å². The first kappa shape index (κ1) is 48.4. The van der Waals surface area contributed by atoms with Crippen LogP contribution in [-0.4, -0.2) is 140 Å². The molecule has 0 spiro atoms. The van der Waals surface area contributed by atoms with Gasteiger partial charge in [-0.05, 0) is 117 Å². The number of amides is 5. The van der Waals surface area contributed by atoms with Crippen molar-refractivity contribution in [3.8, 4) is 0 Å². The zero-order valence-electron chi connectivity index (χ0n) is 39.2. The van der Waals surface area contributed by atoms with Gasteiger partial charge in [0.1, 0.15) is 17.7 Å². The van der Waals surface area contributed by atoms with Crippen molar-refractivity contribution in [2.45, 2.75) is 64.0 Å². The van der Waals surface area contributed by atoms with E-state index in [9.17, 15) is 32.8 Å². The molecule has 5 heterocycles. The molecule has 4 saturated heterocycles. The Labute approximate surface area is 400 Å². The lowest BCUT2D eigenvalue weighted by molar-refractivity contribution is -0.134. The lowest BCUT2D eigenvalue weighted by Gasteiger charge is -2.35. The average Bonchev–Trinajstić information content (AvgIpc) is 3.74. The number of aromatic amines is 1. The van der Waals surface area contributed by atoms with E-state index in [1.165, 1.54) is 12.1 Å². The number of nitrogens with zero attached hydrogens (tertiary/aromatic N) is 6. The highest BCUT2D eigenvalue weighted by Crippen LogP contribution is 2.30. The van der Waals surface area contributed by atoms with E-state index >= 15 is 0 Å². The van der Waals surface area contributed by atoms with E-state index in [1.807, 2.05) is 66.4 Å². The number of halogens is 2. The van der Waals surface area contributed by atoms with Gasteiger partial charge in [-0.2, -0.15) is 5.10 Å². The number of fused-ring (bicyclic) bond motifs is 1. The van der Waals surface area contributed by atoms with Crippen LogP contribution in [0.5, 0.6) is 0 Å². The Bertz CT molecular complexity index is 2600. The van der Waals surface area contributed by atoms with E-state index in [-0.39, 0.29) is 35.7 Å². The minimum absolute atomic E-state index is 0.126. The number of rotatable bonds is 13. The van der Waals surface area contributed by atoms with E-state index < -0.39 is 11.6 Å². The molecule has 1 unspecified atom stereocenters. The highest BCUT2D eigenvalue weighted by Gasteiger charge is 2.28. The molecule has 0 saturated carbocycles. The first-order valence-corrected chi connectivity index (χ1v) is 23.9. The van der Waals surface area contributed by atoms with Gasteiger partial charge in [0.25, 0.3) is 5.91 Å². The van der Waals surface area contributed by atoms with Crippen molar-refractivity contribution in [3.05, 3.63) is 107 Å². The summed E-state index contributed by atoms with van der Waals surface area (Å²) in [5.74, 6) is -1.43. The molecule has 0 bridgehead atoms. The Hall–Kier alpha value is -7.08. The summed E-state index contributed by atoms with van der Waals surface area (Å²) in [4.78, 5) is 70.5. The number of carbonyl (C=O) groups is 5. The van der Waals surface area contributed by atoms with Gasteiger partial charge >= 0.3 is 0 Å². The molecular formula is C51H61F2N11O5. The van der Waals surface area contributed by atoms with Crippen LogP contribution < -0.4 is 31.1 Å². The first-order chi connectivity index (χ1) is 33.4. The number of nitrogens with one attached hydrogen (secondary N) is 5. The number of H-pyrrole nitrogens is 1. The molecule has 5 aromatic rings. The van der Waals surface area contributed by atoms with Crippen LogP contribution in [0.25, 0.3) is 10.9 Å². The minimum atomic E-state index is -0.620. The van der Waals surface area contributed by atoms with Crippen molar-refractivity contribution in [1.29, 1.82) is 0 Å². The van der Waals surface area contributed by atoms with Crippen LogP contribution in [0.15, 0.2) is 78.9 Å². The van der Waals surface area contributed by atoms with Gasteiger partial charge in [-0.3, -0.25) is 34.4 Å². The summed E-state index contributed by atoms with van der Waals surface area (Å²) in [5, 5.41) is 20.2. The van der Waals surface area contributed by atoms with Crippen molar-refractivity contribution in [1.82, 2.24) is 30.2 Å². The zero-order valence-corrected chi connectivity index (χ0v) is 39.2. The summed E-state index contributed by atoms with van der Waals surface area (Å²) in [5.41, 5.74) is 6.36. The third-order valence-electron chi connectivity index (χ3n) is 13.3. The summed E-state index contributed by atoms with van der Waals surface area (Å²) < 4.78 is 27.6. The van der Waals surface area contributed by atoms with Crippen LogP contribution in [0.3, 0.4) is 0 Å². The second kappa shape index (κ2) is 22.4. The number of piperidine rings is 2. The number of likely N-dealkylation sites (N-methyl/N-ethyl adjacent to an activating group) is 1. The van der Waals surface area contributed by atoms with E-state index in [4.69, 9.17) is 0 Å². The zero-order chi connectivity index (χ0) is 48.4. The lowest BCUT2D eigenvalue weighted by Crippen LogP contribution is -2.47. The maximum atomic E-state index is 13.9. The van der Waals surface area contributed by atoms with Crippen LogP contribution in [0, 0.1) is 11.6 Å². The Morgan fingerprint density at radius 3 is 2.13 bits per heavy atom. The third-order valence-corrected chi connectivity index (χ3v) is 13.3. The SMILES string of the molecule is CCCC(=O)N1CCC(Nc2cc(N3CCN(C)CC3)ccc2C(=O)Nc2n[nH]c3ccc(Cc4cc(F)cc(F)c4)cc23)CC1.O=CN1CCN(c2ccc(NC3CCC(=O)NC3=O)cc2)CC1. The highest BCUT2D eigenvalue weighted by atomic mass is 19.1. The number of imide groups is 1. The molecule has 1 atom stereocenters. The van der Waals surface area contributed by atoms with E-state index in [2.05, 4.69) is 59.3 Å². The van der Waals surface area contributed by atoms with Gasteiger partial charge in [0.05, 0.1) is 11.1 Å². The van der Waals surface area contributed by atoms with Crippen LogP contribution >= 0.6 is 0 Å². The fourth-order valence-corrected chi connectivity index (χ4v) is 9.25. The Morgan fingerprint density at radius 1 is 0.768 bits per heavy atom. The van der Waals surface area contributed by atoms with Gasteiger partial charge in [-0.15, -0.1) is 0 Å². The molecule has 5 amide bonds. The van der Waals surface area contributed by atoms with Crippen molar-refractivity contribution >= 4 is 69.5 Å². The summed E-state index contributed by atoms with van der Waals surface area (Å²) in [6.45, 7) is 10.3. The number of benzene rings is 4. The number of anilines is 5. The number of carbonyl (C=O) groups excluding carboxylic acids is 5. The molecule has 364 valence electrons. The van der Waals surface area contributed by atoms with Gasteiger partial charge < -0.3 is 40.4 Å². The maximum Gasteiger partial charge on any atom is 0.258 e. The van der Waals surface area contributed by atoms with Crippen molar-refractivity contribution in [3.63, 3.8) is 0 Å². The van der Waals surface area contributed by atoms with Crippen LogP contribution in [0.1, 0.15) is 66.9 Å². The second-order valence-electron chi connectivity index (χ2n) is 18.3. The molecule has 0 radical (unpaired) electrons. The molecular weight excluding hydrogens is 885 g/mol. The van der Waals surface area contributed by atoms with Gasteiger partial charge in [-0.1, -0.05) is 13.0 Å². The Kier molecular flexibility index (Phi) is 15.7. The Morgan fingerprint density at radius 2 is 1.45 bits per heavy atom. The largest absolute Gasteiger partial charge is 0.381 e. The van der Waals surface area contributed by atoms with Gasteiger partial charge in [0, 0.05) is 119 Å². The summed E-state index contributed by atoms with van der Waals surface area (Å²) in [7, 11) is 2.12. The van der Waals surface area contributed by atoms with Gasteiger partial charge in [-0.25, -0.2) is 8.78 Å². The predicted octanol–water partition coefficient (Wildman–Crippen LogP) is 5.82. The summed E-state index contributed by atoms with van der Waals surface area (Å²) in [6, 6.07) is 22.6. The first-order valence-electron chi connectivity index (χ1n) is 23.9. The number of piperazine rings is 2. The van der Waals surface area contributed by atoms with Crippen molar-refractivity contribution < 1.29 is 32.8 Å². The normalized spacial score (nSPS) is 18.1. The number of hydrogen-bond acceptors (Lipinski definition) is 11. The van der Waals surface area contributed by atoms with Crippen molar-refractivity contribution in [2.24, 2.45) is 0 Å². The van der Waals surface area contributed by atoms with Crippen molar-refractivity contribution in [2.75, 3.05) is 98.2 Å². The Balaban J connectivity index is 0.000000233. The maximum absolute atomic E-state index is 13.9. The molecule has 69 heavy (non-hydrogen) atoms. The van der Waals surface area contributed by atoms with E-state index in [1.54, 1.807) is 4.90 Å². The second-order valence-corrected chi connectivity index (χ2v) is 18.3. The molecule has 4 aliphatic rings. The molecule has 16 nitrogen and oxygen atoms in total. The number of aromatic nitrogens is 2. The number of likely N-dealkylation sites (tertiary alicyclic amines) is 1. The predicted molar refractivity (Wildman–Crippen MR) is 264 cm³/mol. The summed E-state index contributed by atoms with van der Waals surface area (Å²) >= 11 is 0. The molecule has 9 rings (SSSR count). The molecule has 5 N–H and O–H groups in total.